The normalized spacial score (nSPS) is 15.0. The zero-order valence-corrected chi connectivity index (χ0v) is 16.2. The third kappa shape index (κ3) is 3.77. The number of amides is 1. The summed E-state index contributed by atoms with van der Waals surface area (Å²) < 4.78 is 1.89. The smallest absolute Gasteiger partial charge is 0.278 e. The van der Waals surface area contributed by atoms with E-state index in [1.54, 1.807) is 11.3 Å². The molecule has 0 spiro atoms. The first-order chi connectivity index (χ1) is 13.1. The summed E-state index contributed by atoms with van der Waals surface area (Å²) in [7, 11) is 0. The molecule has 2 aromatic heterocycles. The standard InChI is InChI=1S/C19H22N6OS/c1-12-11-27-19(21-12)14-3-5-15(6-4-14)22-18(26)17-13(2)25(24-23-17)16-7-9-20-10-8-16/h3-6,11,16,20H,7-10H2,1-2H3,(H,22,26). The van der Waals surface area contributed by atoms with Gasteiger partial charge in [0.05, 0.1) is 11.7 Å². The van der Waals surface area contributed by atoms with E-state index in [9.17, 15) is 4.79 Å². The van der Waals surface area contributed by atoms with Gasteiger partial charge in [0.15, 0.2) is 5.69 Å². The maximum Gasteiger partial charge on any atom is 0.278 e. The Morgan fingerprint density at radius 3 is 2.63 bits per heavy atom. The number of carbonyl (C=O) groups is 1. The van der Waals surface area contributed by atoms with E-state index in [0.29, 0.717) is 11.7 Å². The maximum atomic E-state index is 12.6. The fourth-order valence-corrected chi connectivity index (χ4v) is 4.13. The molecular weight excluding hydrogens is 360 g/mol. The highest BCUT2D eigenvalue weighted by Gasteiger charge is 2.23. The van der Waals surface area contributed by atoms with Crippen LogP contribution in [-0.2, 0) is 0 Å². The molecule has 1 aliphatic rings. The maximum absolute atomic E-state index is 12.6. The Morgan fingerprint density at radius 1 is 1.22 bits per heavy atom. The molecule has 27 heavy (non-hydrogen) atoms. The van der Waals surface area contributed by atoms with Gasteiger partial charge in [0.2, 0.25) is 0 Å². The van der Waals surface area contributed by atoms with Crippen molar-refractivity contribution in [3.05, 3.63) is 46.7 Å². The molecule has 1 aliphatic heterocycles. The van der Waals surface area contributed by atoms with E-state index in [1.807, 2.05) is 48.2 Å². The molecule has 4 rings (SSSR count). The number of thiazole rings is 1. The zero-order valence-electron chi connectivity index (χ0n) is 15.4. The van der Waals surface area contributed by atoms with Crippen molar-refractivity contribution in [3.8, 4) is 10.6 Å². The lowest BCUT2D eigenvalue weighted by Gasteiger charge is -2.23. The molecule has 0 radical (unpaired) electrons. The Bertz CT molecular complexity index is 940. The summed E-state index contributed by atoms with van der Waals surface area (Å²) in [5.74, 6) is -0.231. The first-order valence-corrected chi connectivity index (χ1v) is 9.96. The van der Waals surface area contributed by atoms with E-state index in [1.165, 1.54) is 0 Å². The number of aromatic nitrogens is 4. The predicted molar refractivity (Wildman–Crippen MR) is 106 cm³/mol. The molecule has 140 valence electrons. The van der Waals surface area contributed by atoms with Crippen molar-refractivity contribution in [1.29, 1.82) is 0 Å². The van der Waals surface area contributed by atoms with Gasteiger partial charge >= 0.3 is 0 Å². The van der Waals surface area contributed by atoms with Crippen LogP contribution in [0.2, 0.25) is 0 Å². The fourth-order valence-electron chi connectivity index (χ4n) is 3.32. The number of piperidine rings is 1. The Kier molecular flexibility index (Phi) is 5.00. The molecule has 8 heteroatoms. The molecule has 0 atom stereocenters. The van der Waals surface area contributed by atoms with Crippen molar-refractivity contribution in [1.82, 2.24) is 25.3 Å². The van der Waals surface area contributed by atoms with Crippen molar-refractivity contribution in [2.75, 3.05) is 18.4 Å². The van der Waals surface area contributed by atoms with Crippen molar-refractivity contribution in [3.63, 3.8) is 0 Å². The summed E-state index contributed by atoms with van der Waals surface area (Å²) in [6.45, 7) is 5.83. The average molecular weight is 382 g/mol. The number of nitrogens with one attached hydrogen (secondary N) is 2. The minimum atomic E-state index is -0.231. The molecule has 1 aromatic carbocycles. The van der Waals surface area contributed by atoms with Crippen LogP contribution < -0.4 is 10.6 Å². The summed E-state index contributed by atoms with van der Waals surface area (Å²) in [6, 6.07) is 8.01. The number of rotatable bonds is 4. The van der Waals surface area contributed by atoms with Crippen molar-refractivity contribution in [2.24, 2.45) is 0 Å². The van der Waals surface area contributed by atoms with Crippen LogP contribution in [0.5, 0.6) is 0 Å². The van der Waals surface area contributed by atoms with Gasteiger partial charge in [0.25, 0.3) is 5.91 Å². The molecule has 1 amide bonds. The van der Waals surface area contributed by atoms with Crippen LogP contribution in [-0.4, -0.2) is 39.0 Å². The Labute approximate surface area is 161 Å². The highest BCUT2D eigenvalue weighted by atomic mass is 32.1. The lowest BCUT2D eigenvalue weighted by molar-refractivity contribution is 0.102. The van der Waals surface area contributed by atoms with Crippen LogP contribution in [0, 0.1) is 13.8 Å². The van der Waals surface area contributed by atoms with E-state index in [-0.39, 0.29) is 5.91 Å². The van der Waals surface area contributed by atoms with Gasteiger partial charge in [-0.25, -0.2) is 9.67 Å². The van der Waals surface area contributed by atoms with Gasteiger partial charge in [0.1, 0.15) is 5.01 Å². The number of hydrogen-bond acceptors (Lipinski definition) is 6. The van der Waals surface area contributed by atoms with Crippen LogP contribution in [0.3, 0.4) is 0 Å². The Balaban J connectivity index is 1.47. The second kappa shape index (κ2) is 7.58. The number of nitrogens with zero attached hydrogens (tertiary/aromatic N) is 4. The SMILES string of the molecule is Cc1csc(-c2ccc(NC(=O)c3nnn(C4CCNCC4)c3C)cc2)n1. The average Bonchev–Trinajstić information content (AvgIpc) is 3.29. The number of aryl methyl sites for hydroxylation is 1. The second-order valence-electron chi connectivity index (χ2n) is 6.77. The van der Waals surface area contributed by atoms with Gasteiger partial charge in [-0.05, 0) is 64.0 Å². The van der Waals surface area contributed by atoms with Crippen molar-refractivity contribution in [2.45, 2.75) is 32.7 Å². The lowest BCUT2D eigenvalue weighted by atomic mass is 10.1. The molecule has 3 heterocycles. The summed E-state index contributed by atoms with van der Waals surface area (Å²) in [5.41, 5.74) is 3.98. The third-order valence-corrected chi connectivity index (χ3v) is 5.82. The largest absolute Gasteiger partial charge is 0.321 e. The molecule has 2 N–H and O–H groups in total. The van der Waals surface area contributed by atoms with Gasteiger partial charge in [-0.2, -0.15) is 0 Å². The molecule has 1 saturated heterocycles. The molecule has 0 unspecified atom stereocenters. The number of carbonyl (C=O) groups excluding carboxylic acids is 1. The highest BCUT2D eigenvalue weighted by Crippen LogP contribution is 2.25. The van der Waals surface area contributed by atoms with Crippen LogP contribution in [0.1, 0.15) is 40.8 Å². The van der Waals surface area contributed by atoms with E-state index in [2.05, 4.69) is 25.9 Å². The minimum absolute atomic E-state index is 0.231. The molecule has 7 nitrogen and oxygen atoms in total. The summed E-state index contributed by atoms with van der Waals surface area (Å²) >= 11 is 1.61. The summed E-state index contributed by atoms with van der Waals surface area (Å²) in [4.78, 5) is 17.1. The summed E-state index contributed by atoms with van der Waals surface area (Å²) in [6.07, 6.45) is 2.01. The predicted octanol–water partition coefficient (Wildman–Crippen LogP) is 3.20. The Morgan fingerprint density at radius 2 is 1.96 bits per heavy atom. The third-order valence-electron chi connectivity index (χ3n) is 4.81. The van der Waals surface area contributed by atoms with Gasteiger partial charge in [-0.15, -0.1) is 16.4 Å². The topological polar surface area (TPSA) is 84.7 Å². The number of anilines is 1. The van der Waals surface area contributed by atoms with Gasteiger partial charge < -0.3 is 10.6 Å². The first-order valence-electron chi connectivity index (χ1n) is 9.08. The molecule has 1 fully saturated rings. The van der Waals surface area contributed by atoms with Gasteiger partial charge in [-0.1, -0.05) is 5.21 Å². The van der Waals surface area contributed by atoms with E-state index < -0.39 is 0 Å². The monoisotopic (exact) mass is 382 g/mol. The van der Waals surface area contributed by atoms with Gasteiger partial charge in [0, 0.05) is 22.3 Å². The highest BCUT2D eigenvalue weighted by molar-refractivity contribution is 7.13. The zero-order chi connectivity index (χ0) is 18.8. The lowest BCUT2D eigenvalue weighted by Crippen LogP contribution is -2.30. The van der Waals surface area contributed by atoms with E-state index >= 15 is 0 Å². The fraction of sp³-hybridized carbons (Fsp3) is 0.368. The number of benzene rings is 1. The Hall–Kier alpha value is -2.58. The first kappa shape index (κ1) is 17.8. The molecular formula is C19H22N6OS. The van der Waals surface area contributed by atoms with E-state index in [4.69, 9.17) is 0 Å². The molecule has 3 aromatic rings. The van der Waals surface area contributed by atoms with Crippen LogP contribution >= 0.6 is 11.3 Å². The molecule has 0 saturated carbocycles. The van der Waals surface area contributed by atoms with Crippen molar-refractivity contribution < 1.29 is 4.79 Å². The van der Waals surface area contributed by atoms with E-state index in [0.717, 1.165) is 53.6 Å². The van der Waals surface area contributed by atoms with Crippen LogP contribution in [0.15, 0.2) is 29.6 Å². The molecule has 0 aliphatic carbocycles. The van der Waals surface area contributed by atoms with Crippen LogP contribution in [0.25, 0.3) is 10.6 Å². The van der Waals surface area contributed by atoms with Crippen molar-refractivity contribution >= 4 is 22.9 Å². The molecule has 0 bridgehead atoms. The quantitative estimate of drug-likeness (QED) is 0.724. The van der Waals surface area contributed by atoms with Gasteiger partial charge in [-0.3, -0.25) is 4.79 Å². The second-order valence-corrected chi connectivity index (χ2v) is 7.63. The minimum Gasteiger partial charge on any atom is -0.321 e. The number of hydrogen-bond donors (Lipinski definition) is 2. The summed E-state index contributed by atoms with van der Waals surface area (Å²) in [5, 5.41) is 17.6. The van der Waals surface area contributed by atoms with Crippen LogP contribution in [0.4, 0.5) is 5.69 Å².